The van der Waals surface area contributed by atoms with Crippen LogP contribution < -0.4 is 0 Å². The third kappa shape index (κ3) is 10.0. The van der Waals surface area contributed by atoms with Crippen molar-refractivity contribution in [3.05, 3.63) is 0 Å². The number of carboxylic acid groups (broad SMARTS) is 1. The van der Waals surface area contributed by atoms with Crippen molar-refractivity contribution in [1.29, 1.82) is 0 Å². The molecule has 0 aliphatic carbocycles. The zero-order valence-corrected chi connectivity index (χ0v) is 11.4. The van der Waals surface area contributed by atoms with Gasteiger partial charge >= 0.3 is 5.97 Å². The lowest BCUT2D eigenvalue weighted by Gasteiger charge is -2.17. The number of rotatable bonds is 8. The van der Waals surface area contributed by atoms with Crippen molar-refractivity contribution in [2.24, 2.45) is 11.3 Å². The molecular formula is C14H28O2. The summed E-state index contributed by atoms with van der Waals surface area (Å²) in [6.45, 7) is 8.63. The van der Waals surface area contributed by atoms with E-state index in [1.807, 2.05) is 0 Å². The highest BCUT2D eigenvalue weighted by atomic mass is 16.4. The van der Waals surface area contributed by atoms with Gasteiger partial charge in [-0.3, -0.25) is 4.79 Å². The molecule has 0 aliphatic rings. The first-order valence-corrected chi connectivity index (χ1v) is 6.56. The second-order valence-electron chi connectivity index (χ2n) is 6.11. The van der Waals surface area contributed by atoms with E-state index in [9.17, 15) is 4.79 Å². The van der Waals surface area contributed by atoms with Crippen LogP contribution in [-0.4, -0.2) is 11.1 Å². The predicted octanol–water partition coefficient (Wildman–Crippen LogP) is 4.48. The highest BCUT2D eigenvalue weighted by Crippen LogP contribution is 2.22. The molecule has 1 atom stereocenters. The fourth-order valence-corrected chi connectivity index (χ4v) is 1.76. The molecule has 0 fully saturated rings. The molecule has 96 valence electrons. The van der Waals surface area contributed by atoms with Crippen molar-refractivity contribution in [2.75, 3.05) is 0 Å². The van der Waals surface area contributed by atoms with Crippen molar-refractivity contribution < 1.29 is 9.90 Å². The Morgan fingerprint density at radius 2 is 1.56 bits per heavy atom. The SMILES string of the molecule is CC(CCCCCCCC(C)(C)C)C(=O)O. The molecule has 0 aromatic rings. The van der Waals surface area contributed by atoms with E-state index < -0.39 is 5.97 Å². The summed E-state index contributed by atoms with van der Waals surface area (Å²) in [6.07, 6.45) is 8.21. The molecule has 0 aromatic carbocycles. The summed E-state index contributed by atoms with van der Waals surface area (Å²) in [4.78, 5) is 10.6. The molecule has 0 bridgehead atoms. The van der Waals surface area contributed by atoms with E-state index in [1.54, 1.807) is 6.92 Å². The smallest absolute Gasteiger partial charge is 0.306 e. The normalized spacial score (nSPS) is 13.8. The summed E-state index contributed by atoms with van der Waals surface area (Å²) in [6, 6.07) is 0. The van der Waals surface area contributed by atoms with Crippen LogP contribution in [0.15, 0.2) is 0 Å². The maximum Gasteiger partial charge on any atom is 0.306 e. The molecule has 0 aromatic heterocycles. The number of hydrogen-bond donors (Lipinski definition) is 1. The highest BCUT2D eigenvalue weighted by Gasteiger charge is 2.10. The standard InChI is InChI=1S/C14H28O2/c1-12(13(15)16)10-8-6-5-7-9-11-14(2,3)4/h12H,5-11H2,1-4H3,(H,15,16). The number of carbonyl (C=O) groups is 1. The quantitative estimate of drug-likeness (QED) is 0.622. The Morgan fingerprint density at radius 3 is 2.06 bits per heavy atom. The maximum atomic E-state index is 10.6. The molecule has 1 N–H and O–H groups in total. The Bertz CT molecular complexity index is 191. The summed E-state index contributed by atoms with van der Waals surface area (Å²) in [5.41, 5.74) is 0.456. The van der Waals surface area contributed by atoms with Gasteiger partial charge < -0.3 is 5.11 Å². The van der Waals surface area contributed by atoms with Crippen LogP contribution in [-0.2, 0) is 4.79 Å². The minimum absolute atomic E-state index is 0.172. The van der Waals surface area contributed by atoms with E-state index >= 15 is 0 Å². The fourth-order valence-electron chi connectivity index (χ4n) is 1.76. The molecule has 0 spiro atoms. The van der Waals surface area contributed by atoms with Gasteiger partial charge in [0, 0.05) is 0 Å². The Labute approximate surface area is 100 Å². The molecule has 0 saturated carbocycles. The van der Waals surface area contributed by atoms with E-state index in [-0.39, 0.29) is 5.92 Å². The van der Waals surface area contributed by atoms with Gasteiger partial charge in [0.2, 0.25) is 0 Å². The number of carboxylic acids is 1. The molecule has 0 aliphatic heterocycles. The third-order valence-corrected chi connectivity index (χ3v) is 2.99. The lowest BCUT2D eigenvalue weighted by atomic mass is 9.89. The molecule has 1 unspecified atom stereocenters. The van der Waals surface area contributed by atoms with Gasteiger partial charge in [-0.15, -0.1) is 0 Å². The third-order valence-electron chi connectivity index (χ3n) is 2.99. The lowest BCUT2D eigenvalue weighted by molar-refractivity contribution is -0.141. The van der Waals surface area contributed by atoms with E-state index in [0.717, 1.165) is 12.8 Å². The van der Waals surface area contributed by atoms with Gasteiger partial charge in [0.1, 0.15) is 0 Å². The van der Waals surface area contributed by atoms with Crippen LogP contribution in [0.2, 0.25) is 0 Å². The van der Waals surface area contributed by atoms with E-state index in [4.69, 9.17) is 5.11 Å². The first-order valence-electron chi connectivity index (χ1n) is 6.56. The van der Waals surface area contributed by atoms with Crippen LogP contribution >= 0.6 is 0 Å². The predicted molar refractivity (Wildman–Crippen MR) is 68.6 cm³/mol. The summed E-state index contributed by atoms with van der Waals surface area (Å²) in [5.74, 6) is -0.831. The van der Waals surface area contributed by atoms with E-state index in [1.165, 1.54) is 32.1 Å². The van der Waals surface area contributed by atoms with Crippen LogP contribution in [0, 0.1) is 11.3 Å². The first kappa shape index (κ1) is 15.5. The Balaban J connectivity index is 3.25. The molecular weight excluding hydrogens is 200 g/mol. The summed E-state index contributed by atoms with van der Waals surface area (Å²) < 4.78 is 0. The Kier molecular flexibility index (Phi) is 7.44. The largest absolute Gasteiger partial charge is 0.481 e. The molecule has 0 rings (SSSR count). The average Bonchev–Trinajstić information content (AvgIpc) is 2.14. The Morgan fingerprint density at radius 1 is 1.06 bits per heavy atom. The maximum absolute atomic E-state index is 10.6. The van der Waals surface area contributed by atoms with Crippen molar-refractivity contribution in [3.63, 3.8) is 0 Å². The molecule has 0 saturated heterocycles. The van der Waals surface area contributed by atoms with Gasteiger partial charge in [-0.05, 0) is 18.3 Å². The topological polar surface area (TPSA) is 37.3 Å². The van der Waals surface area contributed by atoms with Crippen molar-refractivity contribution in [1.82, 2.24) is 0 Å². The van der Waals surface area contributed by atoms with Crippen molar-refractivity contribution in [2.45, 2.75) is 72.6 Å². The lowest BCUT2D eigenvalue weighted by Crippen LogP contribution is -2.08. The summed E-state index contributed by atoms with van der Waals surface area (Å²) in [7, 11) is 0. The average molecular weight is 228 g/mol. The minimum atomic E-state index is -0.660. The monoisotopic (exact) mass is 228 g/mol. The van der Waals surface area contributed by atoms with Gasteiger partial charge in [0.05, 0.1) is 5.92 Å². The van der Waals surface area contributed by atoms with E-state index in [2.05, 4.69) is 20.8 Å². The van der Waals surface area contributed by atoms with Crippen LogP contribution in [0.1, 0.15) is 72.6 Å². The second-order valence-corrected chi connectivity index (χ2v) is 6.11. The molecule has 2 nitrogen and oxygen atoms in total. The Hall–Kier alpha value is -0.530. The van der Waals surface area contributed by atoms with Gasteiger partial charge in [-0.25, -0.2) is 0 Å². The van der Waals surface area contributed by atoms with E-state index in [0.29, 0.717) is 5.41 Å². The van der Waals surface area contributed by atoms with Gasteiger partial charge in [-0.2, -0.15) is 0 Å². The number of unbranched alkanes of at least 4 members (excludes halogenated alkanes) is 4. The van der Waals surface area contributed by atoms with Crippen LogP contribution in [0.3, 0.4) is 0 Å². The fraction of sp³-hybridized carbons (Fsp3) is 0.929. The van der Waals surface area contributed by atoms with Gasteiger partial charge in [0.25, 0.3) is 0 Å². The number of hydrogen-bond acceptors (Lipinski definition) is 1. The summed E-state index contributed by atoms with van der Waals surface area (Å²) >= 11 is 0. The molecule has 16 heavy (non-hydrogen) atoms. The zero-order valence-electron chi connectivity index (χ0n) is 11.4. The number of aliphatic carboxylic acids is 1. The van der Waals surface area contributed by atoms with Gasteiger partial charge in [0.15, 0.2) is 0 Å². The first-order chi connectivity index (χ1) is 7.33. The zero-order chi connectivity index (χ0) is 12.6. The van der Waals surface area contributed by atoms with Crippen molar-refractivity contribution in [3.8, 4) is 0 Å². The minimum Gasteiger partial charge on any atom is -0.481 e. The second kappa shape index (κ2) is 7.70. The highest BCUT2D eigenvalue weighted by molar-refractivity contribution is 5.69. The summed E-state index contributed by atoms with van der Waals surface area (Å²) in [5, 5.41) is 8.71. The van der Waals surface area contributed by atoms with Crippen LogP contribution in [0.5, 0.6) is 0 Å². The van der Waals surface area contributed by atoms with Gasteiger partial charge in [-0.1, -0.05) is 59.8 Å². The molecule has 0 heterocycles. The molecule has 2 heteroatoms. The van der Waals surface area contributed by atoms with Crippen LogP contribution in [0.4, 0.5) is 0 Å². The van der Waals surface area contributed by atoms with Crippen LogP contribution in [0.25, 0.3) is 0 Å². The molecule has 0 radical (unpaired) electrons. The molecule has 0 amide bonds. The van der Waals surface area contributed by atoms with Crippen molar-refractivity contribution >= 4 is 5.97 Å².